The van der Waals surface area contributed by atoms with Gasteiger partial charge in [0, 0.05) is 32.7 Å². The van der Waals surface area contributed by atoms with Crippen molar-refractivity contribution in [2.24, 2.45) is 5.92 Å². The maximum absolute atomic E-state index is 13.2. The first-order valence-corrected chi connectivity index (χ1v) is 10.5. The van der Waals surface area contributed by atoms with Crippen LogP contribution in [0.4, 0.5) is 0 Å². The van der Waals surface area contributed by atoms with Gasteiger partial charge in [-0.2, -0.15) is 0 Å². The van der Waals surface area contributed by atoms with Crippen LogP contribution in [0, 0.1) is 5.92 Å². The van der Waals surface area contributed by atoms with Crippen molar-refractivity contribution in [2.75, 3.05) is 46.9 Å². The lowest BCUT2D eigenvalue weighted by Crippen LogP contribution is -2.54. The van der Waals surface area contributed by atoms with Crippen molar-refractivity contribution >= 4 is 11.8 Å². The van der Waals surface area contributed by atoms with Crippen LogP contribution in [-0.2, 0) is 9.59 Å². The Morgan fingerprint density at radius 2 is 2.00 bits per heavy atom. The number of amides is 2. The average molecular weight is 416 g/mol. The Kier molecular flexibility index (Phi) is 7.15. The third-order valence-corrected chi connectivity index (χ3v) is 6.06. The molecule has 0 saturated carbocycles. The molecule has 2 heterocycles. The average Bonchev–Trinajstić information content (AvgIpc) is 3.12. The highest BCUT2D eigenvalue weighted by Crippen LogP contribution is 2.44. The predicted molar refractivity (Wildman–Crippen MR) is 115 cm³/mol. The number of fused-ring (bicyclic) bond motifs is 1. The van der Waals surface area contributed by atoms with Crippen LogP contribution in [0.1, 0.15) is 31.9 Å². The van der Waals surface area contributed by atoms with Gasteiger partial charge in [0.15, 0.2) is 0 Å². The van der Waals surface area contributed by atoms with Gasteiger partial charge >= 0.3 is 0 Å². The molecular formula is C23H33N3O4. The van der Waals surface area contributed by atoms with E-state index >= 15 is 0 Å². The Morgan fingerprint density at radius 1 is 1.30 bits per heavy atom. The minimum absolute atomic E-state index is 0.000362. The molecule has 2 fully saturated rings. The van der Waals surface area contributed by atoms with E-state index in [0.29, 0.717) is 13.0 Å². The largest absolute Gasteiger partial charge is 0.497 e. The van der Waals surface area contributed by atoms with Crippen molar-refractivity contribution in [3.05, 3.63) is 41.5 Å². The van der Waals surface area contributed by atoms with Gasteiger partial charge in [0.25, 0.3) is 0 Å². The monoisotopic (exact) mass is 415 g/mol. The Morgan fingerprint density at radius 3 is 2.60 bits per heavy atom. The van der Waals surface area contributed by atoms with Crippen molar-refractivity contribution in [2.45, 2.75) is 32.4 Å². The molecule has 0 aliphatic carbocycles. The molecule has 1 N–H and O–H groups in total. The first-order chi connectivity index (χ1) is 14.3. The lowest BCUT2D eigenvalue weighted by Gasteiger charge is -2.40. The van der Waals surface area contributed by atoms with Crippen molar-refractivity contribution in [3.63, 3.8) is 0 Å². The number of hydrogen-bond acceptors (Lipinski definition) is 5. The van der Waals surface area contributed by atoms with E-state index in [0.717, 1.165) is 24.4 Å². The summed E-state index contributed by atoms with van der Waals surface area (Å²) in [5.74, 6) is 0.455. The Labute approximate surface area is 178 Å². The molecule has 2 saturated heterocycles. The highest BCUT2D eigenvalue weighted by molar-refractivity contribution is 5.85. The Bertz CT molecular complexity index is 788. The number of aliphatic hydroxyl groups excluding tert-OH is 1. The summed E-state index contributed by atoms with van der Waals surface area (Å²) in [6, 6.07) is 7.34. The number of rotatable bonds is 7. The van der Waals surface area contributed by atoms with Crippen molar-refractivity contribution < 1.29 is 19.4 Å². The molecule has 3 rings (SSSR count). The molecule has 30 heavy (non-hydrogen) atoms. The second-order valence-electron chi connectivity index (χ2n) is 8.47. The Balaban J connectivity index is 1.90. The molecule has 0 aromatic heterocycles. The van der Waals surface area contributed by atoms with E-state index in [9.17, 15) is 14.7 Å². The van der Waals surface area contributed by atoms with Crippen molar-refractivity contribution in [1.29, 1.82) is 0 Å². The minimum atomic E-state index is -0.327. The van der Waals surface area contributed by atoms with Crippen LogP contribution in [0.3, 0.4) is 0 Å². The van der Waals surface area contributed by atoms with Gasteiger partial charge in [-0.1, -0.05) is 23.8 Å². The smallest absolute Gasteiger partial charge is 0.237 e. The summed E-state index contributed by atoms with van der Waals surface area (Å²) in [6.45, 7) is 6.18. The van der Waals surface area contributed by atoms with Crippen molar-refractivity contribution in [1.82, 2.24) is 14.7 Å². The molecule has 3 atom stereocenters. The zero-order chi connectivity index (χ0) is 21.8. The number of piperazine rings is 1. The minimum Gasteiger partial charge on any atom is -0.497 e. The number of carbonyl (C=O) groups excluding carboxylic acids is 2. The first kappa shape index (κ1) is 22.3. The first-order valence-electron chi connectivity index (χ1n) is 10.5. The SMILES string of the molecule is COc1ccc([C@H]2[C@@H](C(=O)N(C)CCO)C[C@H]3CN(CC=C(C)C)CC(=O)N32)cc1. The standard InChI is InChI=1S/C23H33N3O4/c1-16(2)9-10-25-14-18-13-20(23(29)24(3)11-12-27)22(26(18)21(28)15-25)17-5-7-19(30-4)8-6-17/h5-9,18,20,22,27H,10-15H2,1-4H3/t18-,20-,22-/m0/s1. The van der Waals surface area contributed by atoms with E-state index in [1.165, 1.54) is 5.57 Å². The van der Waals surface area contributed by atoms with Gasteiger partial charge in [-0.3, -0.25) is 14.5 Å². The molecule has 1 aromatic carbocycles. The van der Waals surface area contributed by atoms with E-state index in [-0.39, 0.29) is 43.0 Å². The van der Waals surface area contributed by atoms with E-state index in [2.05, 4.69) is 24.8 Å². The number of ether oxygens (including phenoxy) is 1. The molecule has 2 amide bonds. The number of nitrogens with zero attached hydrogens (tertiary/aromatic N) is 3. The molecule has 2 aliphatic heterocycles. The summed E-state index contributed by atoms with van der Waals surface area (Å²) in [5, 5.41) is 9.27. The van der Waals surface area contributed by atoms with Crippen LogP contribution in [0.5, 0.6) is 5.75 Å². The topological polar surface area (TPSA) is 73.3 Å². The van der Waals surface area contributed by atoms with Gasteiger partial charge < -0.3 is 19.6 Å². The highest BCUT2D eigenvalue weighted by Gasteiger charge is 2.50. The van der Waals surface area contributed by atoms with Gasteiger partial charge in [-0.15, -0.1) is 0 Å². The molecule has 0 radical (unpaired) electrons. The fourth-order valence-corrected chi connectivity index (χ4v) is 4.54. The fraction of sp³-hybridized carbons (Fsp3) is 0.565. The third kappa shape index (κ3) is 4.68. The van der Waals surface area contributed by atoms with E-state index in [1.807, 2.05) is 29.2 Å². The summed E-state index contributed by atoms with van der Waals surface area (Å²) in [6.07, 6.45) is 2.76. The molecular weight excluding hydrogens is 382 g/mol. The Hall–Kier alpha value is -2.38. The van der Waals surface area contributed by atoms with Crippen LogP contribution < -0.4 is 4.74 Å². The number of allylic oxidation sites excluding steroid dienone is 1. The van der Waals surface area contributed by atoms with Crippen LogP contribution in [-0.4, -0.2) is 84.6 Å². The highest BCUT2D eigenvalue weighted by atomic mass is 16.5. The summed E-state index contributed by atoms with van der Waals surface area (Å²) in [5.41, 5.74) is 2.17. The van der Waals surface area contributed by atoms with E-state index in [4.69, 9.17) is 4.74 Å². The lowest BCUT2D eigenvalue weighted by atomic mass is 9.91. The fourth-order valence-electron chi connectivity index (χ4n) is 4.54. The number of methoxy groups -OCH3 is 1. The van der Waals surface area contributed by atoms with E-state index < -0.39 is 0 Å². The molecule has 0 unspecified atom stereocenters. The van der Waals surface area contributed by atoms with E-state index in [1.54, 1.807) is 19.1 Å². The molecule has 0 spiro atoms. The molecule has 7 heteroatoms. The summed E-state index contributed by atoms with van der Waals surface area (Å²) < 4.78 is 5.27. The zero-order valence-electron chi connectivity index (χ0n) is 18.4. The van der Waals surface area contributed by atoms with Crippen molar-refractivity contribution in [3.8, 4) is 5.75 Å². The second-order valence-corrected chi connectivity index (χ2v) is 8.47. The number of benzene rings is 1. The summed E-state index contributed by atoms with van der Waals surface area (Å²) in [7, 11) is 3.33. The van der Waals surface area contributed by atoms with Crippen LogP contribution in [0.2, 0.25) is 0 Å². The number of aliphatic hydroxyl groups is 1. The summed E-state index contributed by atoms with van der Waals surface area (Å²) in [4.78, 5) is 32.1. The number of hydrogen-bond donors (Lipinski definition) is 1. The van der Waals surface area contributed by atoms with Gasteiger partial charge in [0.05, 0.1) is 32.2 Å². The lowest BCUT2D eigenvalue weighted by molar-refractivity contribution is -0.141. The van der Waals surface area contributed by atoms with Gasteiger partial charge in [-0.25, -0.2) is 0 Å². The molecule has 164 valence electrons. The zero-order valence-corrected chi connectivity index (χ0v) is 18.4. The molecule has 2 aliphatic rings. The number of carbonyl (C=O) groups is 2. The summed E-state index contributed by atoms with van der Waals surface area (Å²) >= 11 is 0. The maximum atomic E-state index is 13.2. The predicted octanol–water partition coefficient (Wildman–Crippen LogP) is 1.69. The second kappa shape index (κ2) is 9.62. The quantitative estimate of drug-likeness (QED) is 0.686. The van der Waals surface area contributed by atoms with Crippen LogP contribution >= 0.6 is 0 Å². The third-order valence-electron chi connectivity index (χ3n) is 6.06. The van der Waals surface area contributed by atoms with Crippen LogP contribution in [0.15, 0.2) is 35.9 Å². The van der Waals surface area contributed by atoms with Gasteiger partial charge in [0.1, 0.15) is 5.75 Å². The van der Waals surface area contributed by atoms with Gasteiger partial charge in [0.2, 0.25) is 11.8 Å². The molecule has 1 aromatic rings. The molecule has 7 nitrogen and oxygen atoms in total. The normalized spacial score (nSPS) is 23.8. The maximum Gasteiger partial charge on any atom is 0.237 e. The van der Waals surface area contributed by atoms with Gasteiger partial charge in [-0.05, 0) is 38.0 Å². The molecule has 0 bridgehead atoms. The van der Waals surface area contributed by atoms with Crippen LogP contribution in [0.25, 0.3) is 0 Å². The number of likely N-dealkylation sites (N-methyl/N-ethyl adjacent to an activating group) is 1.